The largest absolute Gasteiger partial charge is 0.489 e. The number of para-hydroxylation sites is 1. The lowest BCUT2D eigenvalue weighted by atomic mass is 10.1. The predicted molar refractivity (Wildman–Crippen MR) is 81.7 cm³/mol. The number of hydrogen-bond acceptors (Lipinski definition) is 3. The van der Waals surface area contributed by atoms with Gasteiger partial charge in [-0.05, 0) is 30.7 Å². The van der Waals surface area contributed by atoms with Crippen LogP contribution >= 0.6 is 0 Å². The number of nitrogens with zero attached hydrogens (tertiary/aromatic N) is 1. The highest BCUT2D eigenvalue weighted by molar-refractivity contribution is 5.81. The molecule has 3 nitrogen and oxygen atoms in total. The van der Waals surface area contributed by atoms with E-state index >= 15 is 0 Å². The van der Waals surface area contributed by atoms with Gasteiger partial charge in [-0.3, -0.25) is 4.98 Å². The van der Waals surface area contributed by atoms with Crippen molar-refractivity contribution in [2.45, 2.75) is 13.5 Å². The first-order chi connectivity index (χ1) is 9.74. The maximum Gasteiger partial charge on any atom is 0.124 e. The molecule has 0 radical (unpaired) electrons. The molecule has 3 heteroatoms. The van der Waals surface area contributed by atoms with Crippen LogP contribution in [0.15, 0.2) is 54.7 Å². The Kier molecular flexibility index (Phi) is 3.25. The summed E-state index contributed by atoms with van der Waals surface area (Å²) >= 11 is 0. The SMILES string of the molecule is Cc1ccc(N)cc1OCc1ccnc2ccccc12. The van der Waals surface area contributed by atoms with Gasteiger partial charge in [0.15, 0.2) is 0 Å². The quantitative estimate of drug-likeness (QED) is 0.734. The number of nitrogens with two attached hydrogens (primary N) is 1. The molecule has 0 spiro atoms. The summed E-state index contributed by atoms with van der Waals surface area (Å²) in [6, 6.07) is 15.8. The molecule has 0 aliphatic carbocycles. The molecule has 0 fully saturated rings. The number of pyridine rings is 1. The Morgan fingerprint density at radius 3 is 2.85 bits per heavy atom. The van der Waals surface area contributed by atoms with Crippen LogP contribution < -0.4 is 10.5 Å². The summed E-state index contributed by atoms with van der Waals surface area (Å²) in [7, 11) is 0. The number of ether oxygens (including phenoxy) is 1. The number of fused-ring (bicyclic) bond motifs is 1. The minimum atomic E-state index is 0.507. The van der Waals surface area contributed by atoms with Gasteiger partial charge in [0.1, 0.15) is 12.4 Å². The molecule has 3 aromatic rings. The molecule has 2 N–H and O–H groups in total. The molecule has 0 amide bonds. The molecule has 1 aromatic heterocycles. The first-order valence-electron chi connectivity index (χ1n) is 6.55. The van der Waals surface area contributed by atoms with Crippen LogP contribution in [0.3, 0.4) is 0 Å². The van der Waals surface area contributed by atoms with Gasteiger partial charge in [0.25, 0.3) is 0 Å². The van der Waals surface area contributed by atoms with Crippen molar-refractivity contribution >= 4 is 16.6 Å². The van der Waals surface area contributed by atoms with Crippen molar-refractivity contribution in [3.05, 3.63) is 65.9 Å². The third-order valence-corrected chi connectivity index (χ3v) is 3.33. The van der Waals surface area contributed by atoms with Gasteiger partial charge in [-0.25, -0.2) is 0 Å². The van der Waals surface area contributed by atoms with E-state index in [4.69, 9.17) is 10.5 Å². The second kappa shape index (κ2) is 5.21. The standard InChI is InChI=1S/C17H16N2O/c1-12-6-7-14(18)10-17(12)20-11-13-8-9-19-16-5-3-2-4-15(13)16/h2-10H,11,18H2,1H3. The minimum Gasteiger partial charge on any atom is -0.489 e. The fourth-order valence-electron chi connectivity index (χ4n) is 2.21. The normalized spacial score (nSPS) is 10.7. The van der Waals surface area contributed by atoms with Crippen LogP contribution in [0.2, 0.25) is 0 Å². The Labute approximate surface area is 118 Å². The number of nitrogen functional groups attached to an aromatic ring is 1. The van der Waals surface area contributed by atoms with Gasteiger partial charge in [-0.15, -0.1) is 0 Å². The Morgan fingerprint density at radius 2 is 1.95 bits per heavy atom. The van der Waals surface area contributed by atoms with E-state index in [1.54, 1.807) is 0 Å². The van der Waals surface area contributed by atoms with Crippen molar-refractivity contribution in [2.24, 2.45) is 0 Å². The average molecular weight is 264 g/mol. The Morgan fingerprint density at radius 1 is 1.10 bits per heavy atom. The van der Waals surface area contributed by atoms with E-state index in [-0.39, 0.29) is 0 Å². The van der Waals surface area contributed by atoms with E-state index in [2.05, 4.69) is 11.1 Å². The lowest BCUT2D eigenvalue weighted by Crippen LogP contribution is -1.99. The lowest BCUT2D eigenvalue weighted by Gasteiger charge is -2.11. The van der Waals surface area contributed by atoms with Gasteiger partial charge in [0, 0.05) is 28.9 Å². The smallest absolute Gasteiger partial charge is 0.124 e. The first-order valence-corrected chi connectivity index (χ1v) is 6.55. The summed E-state index contributed by atoms with van der Waals surface area (Å²) < 4.78 is 5.90. The summed E-state index contributed by atoms with van der Waals surface area (Å²) in [5.74, 6) is 0.825. The van der Waals surface area contributed by atoms with Crippen molar-refractivity contribution in [2.75, 3.05) is 5.73 Å². The van der Waals surface area contributed by atoms with E-state index in [0.717, 1.165) is 27.8 Å². The summed E-state index contributed by atoms with van der Waals surface area (Å²) in [5, 5.41) is 1.12. The summed E-state index contributed by atoms with van der Waals surface area (Å²) in [6.07, 6.45) is 1.81. The molecule has 0 aliphatic rings. The van der Waals surface area contributed by atoms with Gasteiger partial charge in [0.05, 0.1) is 5.52 Å². The van der Waals surface area contributed by atoms with Crippen LogP contribution in [0, 0.1) is 6.92 Å². The summed E-state index contributed by atoms with van der Waals surface area (Å²) in [5.41, 5.74) is 9.70. The number of anilines is 1. The fourth-order valence-corrected chi connectivity index (χ4v) is 2.21. The van der Waals surface area contributed by atoms with Crippen molar-refractivity contribution < 1.29 is 4.74 Å². The zero-order valence-electron chi connectivity index (χ0n) is 11.3. The van der Waals surface area contributed by atoms with E-state index < -0.39 is 0 Å². The molecule has 1 heterocycles. The van der Waals surface area contributed by atoms with Gasteiger partial charge < -0.3 is 10.5 Å². The first kappa shape index (κ1) is 12.5. The zero-order chi connectivity index (χ0) is 13.9. The predicted octanol–water partition coefficient (Wildman–Crippen LogP) is 3.70. The number of aryl methyl sites for hydroxylation is 1. The highest BCUT2D eigenvalue weighted by Gasteiger charge is 2.04. The molecule has 3 rings (SSSR count). The van der Waals surface area contributed by atoms with Crippen LogP contribution in [0.1, 0.15) is 11.1 Å². The zero-order valence-corrected chi connectivity index (χ0v) is 11.3. The van der Waals surface area contributed by atoms with E-state index in [0.29, 0.717) is 12.3 Å². The van der Waals surface area contributed by atoms with Gasteiger partial charge in [0.2, 0.25) is 0 Å². The van der Waals surface area contributed by atoms with E-state index in [9.17, 15) is 0 Å². The highest BCUT2D eigenvalue weighted by atomic mass is 16.5. The maximum atomic E-state index is 5.90. The molecular formula is C17H16N2O. The van der Waals surface area contributed by atoms with Crippen molar-refractivity contribution in [3.8, 4) is 5.75 Å². The van der Waals surface area contributed by atoms with Crippen LogP contribution in [0.25, 0.3) is 10.9 Å². The molecule has 2 aromatic carbocycles. The van der Waals surface area contributed by atoms with Crippen molar-refractivity contribution in [1.29, 1.82) is 0 Å². The van der Waals surface area contributed by atoms with Crippen LogP contribution in [-0.2, 0) is 6.61 Å². The molecular weight excluding hydrogens is 248 g/mol. The van der Waals surface area contributed by atoms with Crippen LogP contribution in [0.5, 0.6) is 5.75 Å². The Balaban J connectivity index is 1.89. The number of rotatable bonds is 3. The van der Waals surface area contributed by atoms with Crippen molar-refractivity contribution in [3.63, 3.8) is 0 Å². The average Bonchev–Trinajstić information content (AvgIpc) is 2.48. The van der Waals surface area contributed by atoms with Crippen molar-refractivity contribution in [1.82, 2.24) is 4.98 Å². The maximum absolute atomic E-state index is 5.90. The number of aromatic nitrogens is 1. The molecule has 100 valence electrons. The molecule has 0 bridgehead atoms. The summed E-state index contributed by atoms with van der Waals surface area (Å²) in [4.78, 5) is 4.35. The molecule has 0 unspecified atom stereocenters. The fraction of sp³-hybridized carbons (Fsp3) is 0.118. The second-order valence-corrected chi connectivity index (χ2v) is 4.80. The Hall–Kier alpha value is -2.55. The Bertz CT molecular complexity index is 748. The molecule has 0 saturated heterocycles. The monoisotopic (exact) mass is 264 g/mol. The van der Waals surface area contributed by atoms with E-state index in [1.807, 2.05) is 55.6 Å². The molecule has 0 atom stereocenters. The minimum absolute atomic E-state index is 0.507. The molecule has 20 heavy (non-hydrogen) atoms. The molecule has 0 aliphatic heterocycles. The third-order valence-electron chi connectivity index (χ3n) is 3.33. The number of hydrogen-bond donors (Lipinski definition) is 1. The van der Waals surface area contributed by atoms with Crippen LogP contribution in [-0.4, -0.2) is 4.98 Å². The van der Waals surface area contributed by atoms with Gasteiger partial charge in [-0.1, -0.05) is 24.3 Å². The topological polar surface area (TPSA) is 48.1 Å². The number of benzene rings is 2. The summed E-state index contributed by atoms with van der Waals surface area (Å²) in [6.45, 7) is 2.52. The van der Waals surface area contributed by atoms with Gasteiger partial charge >= 0.3 is 0 Å². The van der Waals surface area contributed by atoms with Gasteiger partial charge in [-0.2, -0.15) is 0 Å². The second-order valence-electron chi connectivity index (χ2n) is 4.80. The van der Waals surface area contributed by atoms with E-state index in [1.165, 1.54) is 0 Å². The third kappa shape index (κ3) is 2.43. The molecule has 0 saturated carbocycles. The lowest BCUT2D eigenvalue weighted by molar-refractivity contribution is 0.305. The highest BCUT2D eigenvalue weighted by Crippen LogP contribution is 2.23. The van der Waals surface area contributed by atoms with Crippen LogP contribution in [0.4, 0.5) is 5.69 Å².